The van der Waals surface area contributed by atoms with Crippen molar-refractivity contribution in [2.24, 2.45) is 29.2 Å². The first-order valence-corrected chi connectivity index (χ1v) is 20.0. The second-order valence-electron chi connectivity index (χ2n) is 15.1. The number of amides is 2. The maximum atomic E-state index is 14.8. The number of aryl methyl sites for hydroxylation is 3. The highest BCUT2D eigenvalue weighted by Crippen LogP contribution is 2.46. The van der Waals surface area contributed by atoms with Gasteiger partial charge in [0.05, 0.1) is 25.2 Å². The van der Waals surface area contributed by atoms with Crippen LogP contribution in [0.1, 0.15) is 70.0 Å². The molecule has 2 amide bonds. The predicted octanol–water partition coefficient (Wildman–Crippen LogP) is 4.87. The van der Waals surface area contributed by atoms with Crippen LogP contribution in [0.4, 0.5) is 5.69 Å². The summed E-state index contributed by atoms with van der Waals surface area (Å²) in [6, 6.07) is 12.1. The van der Waals surface area contributed by atoms with Gasteiger partial charge in [0.25, 0.3) is 11.8 Å². The lowest BCUT2D eigenvalue weighted by atomic mass is 9.68. The van der Waals surface area contributed by atoms with E-state index in [1.807, 2.05) is 13.0 Å². The minimum atomic E-state index is -3.74. The molecule has 7 rings (SSSR count). The third-order valence-corrected chi connectivity index (χ3v) is 13.3. The highest BCUT2D eigenvalue weighted by atomic mass is 32.2. The van der Waals surface area contributed by atoms with Gasteiger partial charge in [0, 0.05) is 63.4 Å². The van der Waals surface area contributed by atoms with Crippen molar-refractivity contribution in [2.75, 3.05) is 51.7 Å². The molecule has 2 aliphatic carbocycles. The molecule has 1 spiro atoms. The van der Waals surface area contributed by atoms with E-state index in [4.69, 9.17) is 18.9 Å². The number of nitrogens with one attached hydrogen (secondary N) is 1. The molecule has 3 heterocycles. The molecule has 4 aliphatic rings. The molecule has 1 saturated carbocycles. The second kappa shape index (κ2) is 14.8. The number of benzene rings is 2. The summed E-state index contributed by atoms with van der Waals surface area (Å²) < 4.78 is 46.8. The van der Waals surface area contributed by atoms with Gasteiger partial charge < -0.3 is 23.8 Å². The van der Waals surface area contributed by atoms with Gasteiger partial charge in [0.2, 0.25) is 5.88 Å². The molecule has 12 nitrogen and oxygen atoms in total. The number of rotatable bonds is 5. The van der Waals surface area contributed by atoms with Crippen LogP contribution in [0.5, 0.6) is 11.6 Å². The van der Waals surface area contributed by atoms with E-state index in [1.54, 1.807) is 26.3 Å². The lowest BCUT2D eigenvalue weighted by molar-refractivity contribution is 0.0185. The Morgan fingerprint density at radius 1 is 1.09 bits per heavy atom. The number of aromatic nitrogens is 2. The predicted molar refractivity (Wildman–Crippen MR) is 202 cm³/mol. The Hall–Kier alpha value is -4.38. The van der Waals surface area contributed by atoms with Gasteiger partial charge in [-0.1, -0.05) is 42.5 Å². The average molecular weight is 744 g/mol. The number of nitrogens with zero attached hydrogens (tertiary/aromatic N) is 4. The van der Waals surface area contributed by atoms with E-state index in [1.165, 1.54) is 41.8 Å². The summed E-state index contributed by atoms with van der Waals surface area (Å²) in [4.78, 5) is 30.1. The standard InChI is InChI=1S/C40H49N5O7S/c1-25-9-13-32-27(18-25)8-7-17-40(32)23-45-20-29-10-12-30(29)35(50-5)16-15-34(49-4)26(2)22-53(48,43-38(47)31-21-44(3)41-39(31)51-6)42-37(46)28-11-14-36(52-24-40)33(45)19-28/h9,11,13-14,18-19,21,26,29-30,34-35H,7-8,10,12,17,20,22-24H2,1-6H3,(H,42,43,46,47,48)/t26-,29+,30-,34+,35+,40+,53?/m1/s1. The van der Waals surface area contributed by atoms with E-state index in [-0.39, 0.29) is 40.2 Å². The van der Waals surface area contributed by atoms with Crippen molar-refractivity contribution >= 4 is 27.4 Å². The van der Waals surface area contributed by atoms with Crippen LogP contribution in [0.3, 0.4) is 0 Å². The third-order valence-electron chi connectivity index (χ3n) is 11.4. The van der Waals surface area contributed by atoms with Gasteiger partial charge in [-0.3, -0.25) is 19.0 Å². The minimum absolute atomic E-state index is 0.0560. The molecule has 7 atom stereocenters. The summed E-state index contributed by atoms with van der Waals surface area (Å²) in [5.74, 6) is 5.66. The van der Waals surface area contributed by atoms with Crippen molar-refractivity contribution in [1.29, 1.82) is 0 Å². The Kier molecular flexibility index (Phi) is 10.3. The molecule has 1 N–H and O–H groups in total. The normalized spacial score (nSPS) is 29.6. The Morgan fingerprint density at radius 2 is 1.89 bits per heavy atom. The Labute approximate surface area is 312 Å². The number of carbonyl (C=O) groups excluding carboxylic acids is 2. The SMILES string of the molecule is COc1nn(C)cc1C(=O)NS1(=O)=NC(=O)c2ccc3c(c2)N(C[C@@H]2CC[C@H]2[C@@H](OC)C#C[C@H](OC)[C@H](C)C1)C[C@@]1(CCCc2cc(C)ccc21)CO3. The summed E-state index contributed by atoms with van der Waals surface area (Å²) >= 11 is 0. The quantitative estimate of drug-likeness (QED) is 0.364. The number of methoxy groups -OCH3 is 3. The number of ether oxygens (including phenoxy) is 4. The lowest BCUT2D eigenvalue weighted by Gasteiger charge is -2.45. The summed E-state index contributed by atoms with van der Waals surface area (Å²) in [7, 11) is 2.52. The summed E-state index contributed by atoms with van der Waals surface area (Å²) in [5, 5.41) is 4.15. The first-order valence-electron chi connectivity index (χ1n) is 18.3. The van der Waals surface area contributed by atoms with Crippen LogP contribution in [-0.4, -0.2) is 84.8 Å². The molecule has 1 fully saturated rings. The van der Waals surface area contributed by atoms with Crippen molar-refractivity contribution in [3.8, 4) is 23.5 Å². The number of hydrogen-bond acceptors (Lipinski definition) is 9. The number of fused-ring (bicyclic) bond motifs is 4. The van der Waals surface area contributed by atoms with Crippen LogP contribution in [0.15, 0.2) is 47.0 Å². The van der Waals surface area contributed by atoms with Crippen molar-refractivity contribution in [3.05, 3.63) is 70.4 Å². The summed E-state index contributed by atoms with van der Waals surface area (Å²) in [6.45, 7) is 5.90. The van der Waals surface area contributed by atoms with E-state index in [0.717, 1.165) is 44.3 Å². The molecule has 282 valence electrons. The van der Waals surface area contributed by atoms with E-state index < -0.39 is 33.8 Å². The number of anilines is 1. The van der Waals surface area contributed by atoms with E-state index in [2.05, 4.69) is 56.0 Å². The van der Waals surface area contributed by atoms with Crippen molar-refractivity contribution in [2.45, 2.75) is 63.6 Å². The molecule has 1 unspecified atom stereocenters. The fraction of sp³-hybridized carbons (Fsp3) is 0.525. The molecule has 3 aromatic rings. The molecule has 53 heavy (non-hydrogen) atoms. The van der Waals surface area contributed by atoms with Crippen LogP contribution in [0.25, 0.3) is 0 Å². The van der Waals surface area contributed by atoms with Crippen LogP contribution >= 0.6 is 0 Å². The number of hydrogen-bond donors (Lipinski definition) is 1. The fourth-order valence-electron chi connectivity index (χ4n) is 8.56. The van der Waals surface area contributed by atoms with Gasteiger partial charge in [0.1, 0.15) is 33.4 Å². The van der Waals surface area contributed by atoms with Gasteiger partial charge >= 0.3 is 0 Å². The first-order chi connectivity index (χ1) is 25.4. The van der Waals surface area contributed by atoms with Crippen LogP contribution in [-0.2, 0) is 38.3 Å². The van der Waals surface area contributed by atoms with Gasteiger partial charge in [-0.05, 0) is 74.3 Å². The average Bonchev–Trinajstić information content (AvgIpc) is 3.44. The van der Waals surface area contributed by atoms with Crippen molar-refractivity contribution in [3.63, 3.8) is 0 Å². The summed E-state index contributed by atoms with van der Waals surface area (Å²) in [5.41, 5.74) is 4.80. The van der Waals surface area contributed by atoms with E-state index >= 15 is 0 Å². The zero-order valence-corrected chi connectivity index (χ0v) is 32.2. The monoisotopic (exact) mass is 743 g/mol. The number of carbonyl (C=O) groups is 2. The first kappa shape index (κ1) is 37.0. The van der Waals surface area contributed by atoms with Gasteiger partial charge in [-0.15, -0.1) is 9.46 Å². The van der Waals surface area contributed by atoms with Gasteiger partial charge in [-0.25, -0.2) is 4.21 Å². The molecule has 0 radical (unpaired) electrons. The Balaban J connectivity index is 1.33. The zero-order chi connectivity index (χ0) is 37.5. The topological polar surface area (TPSA) is 134 Å². The molecule has 13 heteroatoms. The maximum absolute atomic E-state index is 14.8. The lowest BCUT2D eigenvalue weighted by Crippen LogP contribution is -2.49. The van der Waals surface area contributed by atoms with Gasteiger partial charge in [-0.2, -0.15) is 0 Å². The smallest absolute Gasteiger partial charge is 0.286 e. The highest BCUT2D eigenvalue weighted by molar-refractivity contribution is 7.92. The summed E-state index contributed by atoms with van der Waals surface area (Å²) in [6.07, 6.45) is 5.54. The van der Waals surface area contributed by atoms with Crippen molar-refractivity contribution < 1.29 is 32.7 Å². The molecular weight excluding hydrogens is 695 g/mol. The molecule has 1 aromatic heterocycles. The highest BCUT2D eigenvalue weighted by Gasteiger charge is 2.44. The van der Waals surface area contributed by atoms with Crippen molar-refractivity contribution in [1.82, 2.24) is 14.5 Å². The van der Waals surface area contributed by atoms with Crippen LogP contribution in [0.2, 0.25) is 0 Å². The Morgan fingerprint density at radius 3 is 2.62 bits per heavy atom. The van der Waals surface area contributed by atoms with Gasteiger partial charge in [0.15, 0.2) is 0 Å². The molecule has 2 bridgehead atoms. The molecule has 2 aliphatic heterocycles. The second-order valence-corrected chi connectivity index (χ2v) is 17.1. The molecule has 0 saturated heterocycles. The van der Waals surface area contributed by atoms with Crippen LogP contribution < -0.4 is 19.1 Å². The largest absolute Gasteiger partial charge is 0.490 e. The Bertz CT molecular complexity index is 2100. The zero-order valence-electron chi connectivity index (χ0n) is 31.3. The minimum Gasteiger partial charge on any atom is -0.490 e. The third kappa shape index (κ3) is 7.29. The van der Waals surface area contributed by atoms with E-state index in [0.29, 0.717) is 24.8 Å². The van der Waals surface area contributed by atoms with Crippen LogP contribution in [0, 0.1) is 36.5 Å². The van der Waals surface area contributed by atoms with E-state index in [9.17, 15) is 13.8 Å². The molecular formula is C40H49N5O7S. The molecule has 2 aromatic carbocycles. The fourth-order valence-corrected chi connectivity index (χ4v) is 10.4. The maximum Gasteiger partial charge on any atom is 0.286 e.